The zero-order valence-corrected chi connectivity index (χ0v) is 17.7. The monoisotopic (exact) mass is 526 g/mol. The Labute approximate surface area is 188 Å². The van der Waals surface area contributed by atoms with Crippen molar-refractivity contribution in [1.82, 2.24) is 0 Å². The maximum absolute atomic E-state index is 12.4. The molecule has 0 bridgehead atoms. The van der Waals surface area contributed by atoms with Crippen LogP contribution in [0.15, 0.2) is 48.5 Å². The van der Waals surface area contributed by atoms with E-state index in [0.29, 0.717) is 0 Å². The molecule has 0 unspecified atom stereocenters. The Morgan fingerprint density at radius 2 is 0.824 bits per heavy atom. The number of carbonyl (C=O) groups excluding carboxylic acids is 2. The van der Waals surface area contributed by atoms with E-state index in [-0.39, 0.29) is 7.89 Å². The van der Waals surface area contributed by atoms with Gasteiger partial charge in [0.2, 0.25) is 11.4 Å². The summed E-state index contributed by atoms with van der Waals surface area (Å²) in [5.41, 5.74) is -1.79. The van der Waals surface area contributed by atoms with Crippen molar-refractivity contribution in [3.05, 3.63) is 68.8 Å². The van der Waals surface area contributed by atoms with E-state index in [2.05, 4.69) is 0 Å². The highest BCUT2D eigenvalue weighted by molar-refractivity contribution is 7.59. The summed E-state index contributed by atoms with van der Waals surface area (Å²) in [6.45, 7) is -3.67. The summed E-state index contributed by atoms with van der Waals surface area (Å²) >= 11 is 0. The van der Waals surface area contributed by atoms with E-state index in [1.807, 2.05) is 0 Å². The third-order valence-corrected chi connectivity index (χ3v) is 4.79. The number of alkyl halides is 3. The van der Waals surface area contributed by atoms with Gasteiger partial charge in [-0.2, -0.15) is 13.2 Å². The van der Waals surface area contributed by atoms with Crippen molar-refractivity contribution in [3.8, 4) is 0 Å². The molecule has 0 saturated heterocycles. The Morgan fingerprint density at radius 1 is 0.618 bits per heavy atom. The summed E-state index contributed by atoms with van der Waals surface area (Å²) in [6, 6.07) is 6.93. The molecule has 14 nitrogen and oxygen atoms in total. The average Bonchev–Trinajstić information content (AvgIpc) is 2.73. The Morgan fingerprint density at radius 3 is 1.00 bits per heavy atom. The van der Waals surface area contributed by atoms with Crippen LogP contribution in [0.4, 0.5) is 35.9 Å². The van der Waals surface area contributed by atoms with Gasteiger partial charge in [-0.25, -0.2) is 9.59 Å². The van der Waals surface area contributed by atoms with Crippen LogP contribution in [0.3, 0.4) is 0 Å². The van der Waals surface area contributed by atoms with E-state index in [1.165, 1.54) is 0 Å². The zero-order valence-electron chi connectivity index (χ0n) is 16.0. The molecular weight excluding hydrogens is 517 g/mol. The van der Waals surface area contributed by atoms with Crippen molar-refractivity contribution >= 4 is 55.6 Å². The first-order valence-corrected chi connectivity index (χ1v) is 10.1. The smallest absolute Gasteiger partial charge is 0.258 e. The summed E-state index contributed by atoms with van der Waals surface area (Å²) < 4.78 is 74.7. The van der Waals surface area contributed by atoms with Gasteiger partial charge in [-0.05, 0) is 0 Å². The first-order valence-electron chi connectivity index (χ1n) is 8.06. The summed E-state index contributed by atoms with van der Waals surface area (Å²) in [6.07, 6.45) is 0. The van der Waals surface area contributed by atoms with Gasteiger partial charge in [-0.3, -0.25) is 20.2 Å². The molecule has 0 spiro atoms. The van der Waals surface area contributed by atoms with Crippen molar-refractivity contribution in [2.75, 3.05) is 0 Å². The van der Waals surface area contributed by atoms with Gasteiger partial charge in [0.15, 0.2) is 0 Å². The lowest BCUT2D eigenvalue weighted by Gasteiger charge is -1.95. The molecule has 0 aliphatic heterocycles. The molecule has 0 aliphatic carbocycles. The van der Waals surface area contributed by atoms with E-state index in [9.17, 15) is 59.8 Å². The lowest BCUT2D eigenvalue weighted by atomic mass is 10.2. The lowest BCUT2D eigenvalue weighted by molar-refractivity contribution is -0.387. The van der Waals surface area contributed by atoms with Gasteiger partial charge in [-0.1, -0.05) is 0 Å². The molecule has 0 aliphatic rings. The fraction of sp³-hybridized carbons (Fsp3) is 0.0667. The van der Waals surface area contributed by atoms with E-state index in [1.54, 1.807) is 0 Å². The van der Waals surface area contributed by atoms with E-state index in [0.717, 1.165) is 48.5 Å². The van der Waals surface area contributed by atoms with Crippen LogP contribution in [-0.2, 0) is 30.6 Å². The van der Waals surface area contributed by atoms with Crippen molar-refractivity contribution in [1.29, 1.82) is 0 Å². The molecule has 0 radical (unpaired) electrons. The number of nitro groups is 2. The van der Waals surface area contributed by atoms with Crippen LogP contribution in [0, 0.1) is 20.2 Å². The minimum Gasteiger partial charge on any atom is -0.258 e. The maximum atomic E-state index is 12.4. The molecule has 0 N–H and O–H groups in total. The number of hydrogen-bond acceptors (Lipinski definition) is 10. The van der Waals surface area contributed by atoms with Crippen LogP contribution in [-0.4, -0.2) is 53.1 Å². The highest BCUT2D eigenvalue weighted by Gasteiger charge is 2.44. The third kappa shape index (κ3) is 7.34. The van der Waals surface area contributed by atoms with Gasteiger partial charge in [0, 0.05) is 56.4 Å². The van der Waals surface area contributed by atoms with E-state index >= 15 is 0 Å². The van der Waals surface area contributed by atoms with Crippen molar-refractivity contribution < 1.29 is 57.3 Å². The van der Waals surface area contributed by atoms with Crippen molar-refractivity contribution in [2.24, 2.45) is 0 Å². The molecule has 2 amide bonds. The Bertz CT molecular complexity index is 1300. The van der Waals surface area contributed by atoms with Crippen LogP contribution in [0.2, 0.25) is 0 Å². The second-order valence-corrected chi connectivity index (χ2v) is 7.03. The highest BCUT2D eigenvalue weighted by Crippen LogP contribution is 2.21. The molecule has 0 heterocycles. The quantitative estimate of drug-likeness (QED) is 0.245. The fourth-order valence-corrected chi connectivity index (χ4v) is 3.15. The number of nitro benzene ring substituents is 2. The molecule has 19 heteroatoms. The van der Waals surface area contributed by atoms with Crippen LogP contribution in [0.5, 0.6) is 0 Å². The molecule has 2 aromatic rings. The molecule has 2 aromatic carbocycles. The number of hydrogen-bond donors (Lipinski definition) is 0. The summed E-state index contributed by atoms with van der Waals surface area (Å²) in [5.74, 6) is -3.64. The predicted octanol–water partition coefficient (Wildman–Crippen LogP) is 1.85. The maximum Gasteiger partial charge on any atom is 0.554 e. The molecule has 0 aromatic heterocycles. The normalized spacial score (nSPS) is 9.88. The standard InChI is InChI=1S/C14H8N4O10S2.CHF3/c19-13(15(29(25)26)9-1-5-11(6-2-9)17(21)22)14(20)16(30(27)28)10-3-7-12(8-4-10)18(23)24;2-1(3)4/h1-8H;1H/q+2;. The zero-order chi connectivity index (χ0) is 26.2. The van der Waals surface area contributed by atoms with Gasteiger partial charge in [0.25, 0.3) is 11.4 Å². The Kier molecular flexibility index (Phi) is 9.77. The van der Waals surface area contributed by atoms with Crippen LogP contribution in [0.1, 0.15) is 0 Å². The molecule has 180 valence electrons. The first kappa shape index (κ1) is 27.6. The summed E-state index contributed by atoms with van der Waals surface area (Å²) in [4.78, 5) is 44.6. The second kappa shape index (κ2) is 12.0. The molecular formula is C15H9F3N4O10S2+2. The average molecular weight is 526 g/mol. The van der Waals surface area contributed by atoms with Crippen LogP contribution in [0.25, 0.3) is 0 Å². The SMILES string of the molecule is FC(F)F.O=C(C(=O)[N+](c1ccc([N+](=O)[O-])cc1)=S(=O)=O)[N+](c1ccc([N+](=O)[O-])cc1)=S(=O)=O. The van der Waals surface area contributed by atoms with Crippen molar-refractivity contribution in [3.63, 3.8) is 0 Å². The van der Waals surface area contributed by atoms with Gasteiger partial charge in [-0.15, -0.1) is 16.8 Å². The number of halogens is 3. The molecule has 0 atom stereocenters. The van der Waals surface area contributed by atoms with E-state index in [4.69, 9.17) is 0 Å². The topological polar surface area (TPSA) is 195 Å². The number of carbonyl (C=O) groups is 2. The number of nitrogens with zero attached hydrogens (tertiary/aromatic N) is 4. The van der Waals surface area contributed by atoms with Gasteiger partial charge in [0.1, 0.15) is 0 Å². The van der Waals surface area contributed by atoms with Crippen LogP contribution >= 0.6 is 0 Å². The molecule has 34 heavy (non-hydrogen) atoms. The number of non-ortho nitro benzene ring substituents is 2. The number of amides is 2. The Hall–Kier alpha value is -4.39. The number of rotatable bonds is 4. The van der Waals surface area contributed by atoms with Gasteiger partial charge >= 0.3 is 39.5 Å². The summed E-state index contributed by atoms with van der Waals surface area (Å²) in [7, 11) is -6.78. The lowest BCUT2D eigenvalue weighted by Crippen LogP contribution is -2.32. The molecule has 2 rings (SSSR count). The highest BCUT2D eigenvalue weighted by atomic mass is 32.2. The largest absolute Gasteiger partial charge is 0.554 e. The minimum atomic E-state index is -3.67. The molecule has 0 saturated carbocycles. The van der Waals surface area contributed by atoms with E-state index < -0.39 is 72.1 Å². The minimum absolute atomic E-state index is 0.0999. The first-order chi connectivity index (χ1) is 15.8. The van der Waals surface area contributed by atoms with Gasteiger partial charge < -0.3 is 0 Å². The van der Waals surface area contributed by atoms with Crippen molar-refractivity contribution in [2.45, 2.75) is 6.68 Å². The second-order valence-electron chi connectivity index (χ2n) is 5.43. The third-order valence-electron chi connectivity index (χ3n) is 3.44. The number of benzene rings is 2. The van der Waals surface area contributed by atoms with Crippen LogP contribution < -0.4 is 0 Å². The van der Waals surface area contributed by atoms with Gasteiger partial charge in [0.05, 0.1) is 9.85 Å². The predicted molar refractivity (Wildman–Crippen MR) is 101 cm³/mol. The molecule has 0 fully saturated rings. The summed E-state index contributed by atoms with van der Waals surface area (Å²) in [5, 5.41) is 21.4. The Balaban J connectivity index is 0.00000133. The fourth-order valence-electron chi connectivity index (χ4n) is 2.14.